The second-order valence-electron chi connectivity index (χ2n) is 5.66. The number of ether oxygens (including phenoxy) is 1. The lowest BCUT2D eigenvalue weighted by Gasteiger charge is -2.11. The third-order valence-electron chi connectivity index (χ3n) is 4.02. The molecular formula is C17H20N2O3. The lowest BCUT2D eigenvalue weighted by Crippen LogP contribution is -2.34. The molecule has 1 amide bonds. The van der Waals surface area contributed by atoms with Crippen molar-refractivity contribution in [3.63, 3.8) is 0 Å². The van der Waals surface area contributed by atoms with Crippen molar-refractivity contribution < 1.29 is 14.1 Å². The first-order valence-electron chi connectivity index (χ1n) is 7.56. The third-order valence-corrected chi connectivity index (χ3v) is 4.02. The van der Waals surface area contributed by atoms with Crippen LogP contribution in [0.4, 0.5) is 0 Å². The smallest absolute Gasteiger partial charge is 0.220 e. The number of fused-ring (bicyclic) bond motifs is 1. The van der Waals surface area contributed by atoms with E-state index in [4.69, 9.17) is 9.26 Å². The predicted octanol–water partition coefficient (Wildman–Crippen LogP) is 2.34. The molecule has 116 valence electrons. The highest BCUT2D eigenvalue weighted by atomic mass is 16.5. The van der Waals surface area contributed by atoms with Crippen LogP contribution in [0, 0.1) is 13.8 Å². The van der Waals surface area contributed by atoms with Gasteiger partial charge in [-0.1, -0.05) is 23.4 Å². The molecule has 0 fully saturated rings. The van der Waals surface area contributed by atoms with Crippen molar-refractivity contribution in [2.75, 3.05) is 6.54 Å². The van der Waals surface area contributed by atoms with E-state index in [-0.39, 0.29) is 12.0 Å². The average molecular weight is 300 g/mol. The Hall–Kier alpha value is -2.30. The van der Waals surface area contributed by atoms with Crippen LogP contribution in [-0.2, 0) is 17.6 Å². The van der Waals surface area contributed by atoms with Crippen molar-refractivity contribution in [1.82, 2.24) is 10.5 Å². The Bertz CT molecular complexity index is 634. The summed E-state index contributed by atoms with van der Waals surface area (Å²) in [5, 5.41) is 6.85. The van der Waals surface area contributed by atoms with E-state index in [9.17, 15) is 4.79 Å². The first-order chi connectivity index (χ1) is 10.6. The SMILES string of the molecule is Cc1noc(C)c1CCC(=O)NC[C@H]1Cc2ccccc2O1. The van der Waals surface area contributed by atoms with E-state index in [1.807, 2.05) is 32.0 Å². The Balaban J connectivity index is 1.44. The second kappa shape index (κ2) is 6.22. The minimum atomic E-state index is 0.0274. The van der Waals surface area contributed by atoms with Gasteiger partial charge in [-0.25, -0.2) is 0 Å². The number of aromatic nitrogens is 1. The fourth-order valence-electron chi connectivity index (χ4n) is 2.78. The molecule has 0 spiro atoms. The van der Waals surface area contributed by atoms with E-state index in [1.54, 1.807) is 0 Å². The Labute approximate surface area is 129 Å². The number of rotatable bonds is 5. The van der Waals surface area contributed by atoms with E-state index in [1.165, 1.54) is 5.56 Å². The highest BCUT2D eigenvalue weighted by Gasteiger charge is 2.22. The van der Waals surface area contributed by atoms with Crippen molar-refractivity contribution >= 4 is 5.91 Å². The topological polar surface area (TPSA) is 64.4 Å². The molecule has 1 aromatic carbocycles. The molecule has 0 saturated heterocycles. The molecule has 0 radical (unpaired) electrons. The number of hydrogen-bond acceptors (Lipinski definition) is 4. The summed E-state index contributed by atoms with van der Waals surface area (Å²) in [6, 6.07) is 8.00. The maximum absolute atomic E-state index is 12.0. The number of carbonyl (C=O) groups excluding carboxylic acids is 1. The molecule has 5 heteroatoms. The predicted molar refractivity (Wildman–Crippen MR) is 81.9 cm³/mol. The van der Waals surface area contributed by atoms with Gasteiger partial charge in [-0.05, 0) is 31.9 Å². The van der Waals surface area contributed by atoms with Gasteiger partial charge < -0.3 is 14.6 Å². The minimum Gasteiger partial charge on any atom is -0.488 e. The molecule has 0 bridgehead atoms. The van der Waals surface area contributed by atoms with Crippen LogP contribution >= 0.6 is 0 Å². The number of benzene rings is 1. The minimum absolute atomic E-state index is 0.0274. The molecule has 1 aromatic heterocycles. The van der Waals surface area contributed by atoms with E-state index >= 15 is 0 Å². The molecule has 0 aliphatic carbocycles. The Morgan fingerprint density at radius 2 is 2.18 bits per heavy atom. The Morgan fingerprint density at radius 1 is 1.36 bits per heavy atom. The number of amides is 1. The van der Waals surface area contributed by atoms with E-state index in [2.05, 4.69) is 16.5 Å². The number of nitrogens with zero attached hydrogens (tertiary/aromatic N) is 1. The van der Waals surface area contributed by atoms with Gasteiger partial charge >= 0.3 is 0 Å². The molecule has 1 atom stereocenters. The second-order valence-corrected chi connectivity index (χ2v) is 5.66. The van der Waals surface area contributed by atoms with Crippen LogP contribution in [-0.4, -0.2) is 23.7 Å². The number of aryl methyl sites for hydroxylation is 2. The van der Waals surface area contributed by atoms with Crippen molar-refractivity contribution in [1.29, 1.82) is 0 Å². The van der Waals surface area contributed by atoms with Gasteiger partial charge in [0.2, 0.25) is 5.91 Å². The van der Waals surface area contributed by atoms with Gasteiger partial charge in [-0.3, -0.25) is 4.79 Å². The highest BCUT2D eigenvalue weighted by molar-refractivity contribution is 5.76. The summed E-state index contributed by atoms with van der Waals surface area (Å²) in [5.74, 6) is 1.75. The summed E-state index contributed by atoms with van der Waals surface area (Å²) < 4.78 is 10.9. The van der Waals surface area contributed by atoms with Crippen molar-refractivity contribution in [3.8, 4) is 5.75 Å². The van der Waals surface area contributed by atoms with Crippen LogP contribution in [0.3, 0.4) is 0 Å². The summed E-state index contributed by atoms with van der Waals surface area (Å²) >= 11 is 0. The summed E-state index contributed by atoms with van der Waals surface area (Å²) in [5.41, 5.74) is 3.09. The van der Waals surface area contributed by atoms with Crippen LogP contribution in [0.2, 0.25) is 0 Å². The fourth-order valence-corrected chi connectivity index (χ4v) is 2.78. The number of carbonyl (C=O) groups is 1. The monoisotopic (exact) mass is 300 g/mol. The van der Waals surface area contributed by atoms with Crippen molar-refractivity contribution in [2.24, 2.45) is 0 Å². The van der Waals surface area contributed by atoms with E-state index in [0.717, 1.165) is 29.2 Å². The molecule has 1 aliphatic rings. The zero-order valence-electron chi connectivity index (χ0n) is 12.9. The van der Waals surface area contributed by atoms with Gasteiger partial charge in [0.25, 0.3) is 0 Å². The van der Waals surface area contributed by atoms with Gasteiger partial charge in [0.05, 0.1) is 12.2 Å². The molecule has 0 saturated carbocycles. The van der Waals surface area contributed by atoms with Gasteiger partial charge in [0, 0.05) is 18.4 Å². The lowest BCUT2D eigenvalue weighted by molar-refractivity contribution is -0.121. The molecule has 2 heterocycles. The molecule has 2 aromatic rings. The quantitative estimate of drug-likeness (QED) is 0.920. The molecule has 22 heavy (non-hydrogen) atoms. The van der Waals surface area contributed by atoms with Crippen LogP contribution in [0.15, 0.2) is 28.8 Å². The molecule has 1 N–H and O–H groups in total. The van der Waals surface area contributed by atoms with Gasteiger partial charge in [-0.15, -0.1) is 0 Å². The summed E-state index contributed by atoms with van der Waals surface area (Å²) in [7, 11) is 0. The molecule has 1 aliphatic heterocycles. The first-order valence-corrected chi connectivity index (χ1v) is 7.56. The average Bonchev–Trinajstić information content (AvgIpc) is 3.07. The van der Waals surface area contributed by atoms with Crippen LogP contribution in [0.5, 0.6) is 5.75 Å². The third kappa shape index (κ3) is 3.13. The summed E-state index contributed by atoms with van der Waals surface area (Å²) in [6.07, 6.45) is 1.96. The fraction of sp³-hybridized carbons (Fsp3) is 0.412. The van der Waals surface area contributed by atoms with Gasteiger partial charge in [0.15, 0.2) is 0 Å². The largest absolute Gasteiger partial charge is 0.488 e. The number of hydrogen-bond donors (Lipinski definition) is 1. The molecule has 0 unspecified atom stereocenters. The highest BCUT2D eigenvalue weighted by Crippen LogP contribution is 2.27. The Kier molecular flexibility index (Phi) is 4.13. The Morgan fingerprint density at radius 3 is 2.91 bits per heavy atom. The van der Waals surface area contributed by atoms with Gasteiger partial charge in [-0.2, -0.15) is 0 Å². The standard InChI is InChI=1S/C17H20N2O3/c1-11-15(12(2)22-19-11)7-8-17(20)18-10-14-9-13-5-3-4-6-16(13)21-14/h3-6,14H,7-10H2,1-2H3,(H,18,20)/t14-/m1/s1. The summed E-state index contributed by atoms with van der Waals surface area (Å²) in [6.45, 7) is 4.30. The van der Waals surface area contributed by atoms with Crippen LogP contribution in [0.25, 0.3) is 0 Å². The molecule has 3 rings (SSSR count). The van der Waals surface area contributed by atoms with E-state index < -0.39 is 0 Å². The van der Waals surface area contributed by atoms with Crippen LogP contribution < -0.4 is 10.1 Å². The van der Waals surface area contributed by atoms with Crippen LogP contribution in [0.1, 0.15) is 29.0 Å². The summed E-state index contributed by atoms with van der Waals surface area (Å²) in [4.78, 5) is 12.0. The maximum Gasteiger partial charge on any atom is 0.220 e. The lowest BCUT2D eigenvalue weighted by atomic mass is 10.1. The van der Waals surface area contributed by atoms with Crippen molar-refractivity contribution in [3.05, 3.63) is 46.8 Å². The van der Waals surface area contributed by atoms with Gasteiger partial charge in [0.1, 0.15) is 17.6 Å². The zero-order chi connectivity index (χ0) is 15.5. The number of para-hydroxylation sites is 1. The van der Waals surface area contributed by atoms with E-state index in [0.29, 0.717) is 19.4 Å². The molecule has 5 nitrogen and oxygen atoms in total. The van der Waals surface area contributed by atoms with Crippen molar-refractivity contribution in [2.45, 2.75) is 39.2 Å². The first kappa shape index (κ1) is 14.6. The molecular weight excluding hydrogens is 280 g/mol. The normalized spacial score (nSPS) is 16.2. The maximum atomic E-state index is 12.0. The number of nitrogens with one attached hydrogen (secondary N) is 1. The zero-order valence-corrected chi connectivity index (χ0v) is 12.9.